The number of carbonyl (C=O) groups excluding carboxylic acids is 2. The standard InChI is InChI=1S/C27H20FN3O3S/c1-16-25(35-26(30-16)18-7-3-2-4-8-18)23(32)21-22(20-9-5-6-14-29-20)31(27(34)24(21)33)15-17-10-12-19(28)13-11-17/h2-14,22,33H,15H2,1H3. The highest BCUT2D eigenvalue weighted by Gasteiger charge is 2.45. The van der Waals surface area contributed by atoms with Gasteiger partial charge in [-0.2, -0.15) is 0 Å². The van der Waals surface area contributed by atoms with Crippen molar-refractivity contribution in [2.45, 2.75) is 19.5 Å². The molecule has 0 fully saturated rings. The highest BCUT2D eigenvalue weighted by Crippen LogP contribution is 2.41. The van der Waals surface area contributed by atoms with E-state index in [9.17, 15) is 19.1 Å². The lowest BCUT2D eigenvalue weighted by atomic mass is 9.98. The Labute approximate surface area is 205 Å². The van der Waals surface area contributed by atoms with E-state index >= 15 is 0 Å². The molecule has 4 aromatic rings. The number of ketones is 1. The van der Waals surface area contributed by atoms with Crippen LogP contribution in [0.15, 0.2) is 90.3 Å². The zero-order valence-corrected chi connectivity index (χ0v) is 19.5. The molecule has 0 saturated heterocycles. The van der Waals surface area contributed by atoms with Crippen molar-refractivity contribution >= 4 is 23.0 Å². The Morgan fingerprint density at radius 2 is 1.77 bits per heavy atom. The molecule has 35 heavy (non-hydrogen) atoms. The van der Waals surface area contributed by atoms with E-state index in [1.807, 2.05) is 30.3 Å². The minimum absolute atomic E-state index is 0.0397. The van der Waals surface area contributed by atoms with Crippen LogP contribution in [0.1, 0.15) is 32.7 Å². The minimum atomic E-state index is -0.900. The van der Waals surface area contributed by atoms with Gasteiger partial charge in [0.05, 0.1) is 21.8 Å². The first kappa shape index (κ1) is 22.6. The van der Waals surface area contributed by atoms with Gasteiger partial charge in [0.2, 0.25) is 5.78 Å². The van der Waals surface area contributed by atoms with Gasteiger partial charge in [0, 0.05) is 18.3 Å². The maximum atomic E-state index is 13.8. The normalized spacial score (nSPS) is 15.7. The van der Waals surface area contributed by atoms with Gasteiger partial charge in [0.1, 0.15) is 16.9 Å². The molecule has 1 atom stereocenters. The van der Waals surface area contributed by atoms with Gasteiger partial charge in [-0.15, -0.1) is 11.3 Å². The van der Waals surface area contributed by atoms with E-state index in [0.717, 1.165) is 5.56 Å². The number of aromatic nitrogens is 2. The fraction of sp³-hybridized carbons (Fsp3) is 0.111. The molecule has 174 valence electrons. The molecule has 2 aromatic heterocycles. The molecule has 1 N–H and O–H groups in total. The molecule has 0 bridgehead atoms. The van der Waals surface area contributed by atoms with Gasteiger partial charge in [-0.3, -0.25) is 14.6 Å². The van der Waals surface area contributed by atoms with E-state index in [2.05, 4.69) is 9.97 Å². The quantitative estimate of drug-likeness (QED) is 0.368. The average molecular weight is 486 g/mol. The predicted molar refractivity (Wildman–Crippen MR) is 130 cm³/mol. The summed E-state index contributed by atoms with van der Waals surface area (Å²) in [6, 6.07) is 19.5. The number of rotatable bonds is 6. The molecule has 0 spiro atoms. The first-order chi connectivity index (χ1) is 16.9. The van der Waals surface area contributed by atoms with Crippen LogP contribution in [0.4, 0.5) is 4.39 Å². The Morgan fingerprint density at radius 1 is 1.06 bits per heavy atom. The SMILES string of the molecule is Cc1nc(-c2ccccc2)sc1C(=O)C1=C(O)C(=O)N(Cc2ccc(F)cc2)C1c1ccccn1. The summed E-state index contributed by atoms with van der Waals surface area (Å²) in [5.74, 6) is -2.15. The van der Waals surface area contributed by atoms with Crippen molar-refractivity contribution in [3.63, 3.8) is 0 Å². The number of amides is 1. The van der Waals surface area contributed by atoms with Gasteiger partial charge in [0.25, 0.3) is 5.91 Å². The number of aryl methyl sites for hydroxylation is 1. The highest BCUT2D eigenvalue weighted by atomic mass is 32.1. The fourth-order valence-electron chi connectivity index (χ4n) is 4.11. The second-order valence-electron chi connectivity index (χ2n) is 8.11. The van der Waals surface area contributed by atoms with Crippen LogP contribution >= 0.6 is 11.3 Å². The smallest absolute Gasteiger partial charge is 0.290 e. The number of aliphatic hydroxyl groups excluding tert-OH is 1. The molecule has 1 aliphatic rings. The summed E-state index contributed by atoms with van der Waals surface area (Å²) in [6.07, 6.45) is 1.57. The lowest BCUT2D eigenvalue weighted by Crippen LogP contribution is -2.31. The Morgan fingerprint density at radius 3 is 2.46 bits per heavy atom. The Kier molecular flexibility index (Phi) is 5.96. The van der Waals surface area contributed by atoms with E-state index in [0.29, 0.717) is 26.8 Å². The van der Waals surface area contributed by atoms with Crippen molar-refractivity contribution in [2.24, 2.45) is 0 Å². The van der Waals surface area contributed by atoms with Gasteiger partial charge in [-0.25, -0.2) is 9.37 Å². The summed E-state index contributed by atoms with van der Waals surface area (Å²) in [4.78, 5) is 37.6. The van der Waals surface area contributed by atoms with Crippen LogP contribution in [0.3, 0.4) is 0 Å². The third-order valence-corrected chi connectivity index (χ3v) is 7.01. The molecular formula is C27H20FN3O3S. The van der Waals surface area contributed by atoms with Crippen molar-refractivity contribution in [3.8, 4) is 10.6 Å². The van der Waals surface area contributed by atoms with E-state index in [1.54, 1.807) is 43.5 Å². The van der Waals surface area contributed by atoms with Crippen LogP contribution in [0.5, 0.6) is 0 Å². The van der Waals surface area contributed by atoms with Crippen molar-refractivity contribution in [2.75, 3.05) is 0 Å². The van der Waals surface area contributed by atoms with Gasteiger partial charge in [0.15, 0.2) is 5.76 Å². The third-order valence-electron chi connectivity index (χ3n) is 5.81. The molecule has 5 rings (SSSR count). The summed E-state index contributed by atoms with van der Waals surface area (Å²) in [5.41, 5.74) is 2.45. The molecule has 6 nitrogen and oxygen atoms in total. The van der Waals surface area contributed by atoms with Gasteiger partial charge >= 0.3 is 0 Å². The number of pyridine rings is 1. The van der Waals surface area contributed by atoms with Crippen LogP contribution in [0, 0.1) is 12.7 Å². The minimum Gasteiger partial charge on any atom is -0.503 e. The molecule has 0 saturated carbocycles. The zero-order chi connectivity index (χ0) is 24.5. The number of halogens is 1. The summed E-state index contributed by atoms with van der Waals surface area (Å²) in [5, 5.41) is 11.6. The van der Waals surface area contributed by atoms with E-state index in [1.165, 1.54) is 28.4 Å². The highest BCUT2D eigenvalue weighted by molar-refractivity contribution is 7.17. The molecule has 1 unspecified atom stereocenters. The zero-order valence-electron chi connectivity index (χ0n) is 18.7. The first-order valence-corrected chi connectivity index (χ1v) is 11.7. The van der Waals surface area contributed by atoms with Crippen LogP contribution < -0.4 is 0 Å². The van der Waals surface area contributed by atoms with E-state index in [4.69, 9.17) is 0 Å². The molecule has 3 heterocycles. The summed E-state index contributed by atoms with van der Waals surface area (Å²) < 4.78 is 13.4. The van der Waals surface area contributed by atoms with Crippen molar-refractivity contribution < 1.29 is 19.1 Å². The molecule has 1 amide bonds. The maximum Gasteiger partial charge on any atom is 0.290 e. The molecule has 8 heteroatoms. The number of thiazole rings is 1. The summed E-state index contributed by atoms with van der Waals surface area (Å²) in [7, 11) is 0. The average Bonchev–Trinajstić information content (AvgIpc) is 3.39. The molecule has 0 aliphatic carbocycles. The first-order valence-electron chi connectivity index (χ1n) is 10.9. The number of carbonyl (C=O) groups is 2. The molecule has 2 aromatic carbocycles. The Balaban J connectivity index is 1.56. The number of aliphatic hydroxyl groups is 1. The lowest BCUT2D eigenvalue weighted by Gasteiger charge is -2.26. The number of benzene rings is 2. The number of nitrogens with zero attached hydrogens (tertiary/aromatic N) is 3. The third kappa shape index (κ3) is 4.24. The Bertz CT molecular complexity index is 1430. The van der Waals surface area contributed by atoms with Crippen molar-refractivity contribution in [1.29, 1.82) is 0 Å². The second kappa shape index (κ2) is 9.23. The van der Waals surface area contributed by atoms with Crippen LogP contribution in [-0.2, 0) is 11.3 Å². The van der Waals surface area contributed by atoms with Crippen molar-refractivity contribution in [3.05, 3.63) is 118 Å². The fourth-order valence-corrected chi connectivity index (χ4v) is 5.14. The maximum absolute atomic E-state index is 13.8. The topological polar surface area (TPSA) is 83.4 Å². The van der Waals surface area contributed by atoms with Gasteiger partial charge in [-0.05, 0) is 36.8 Å². The molecule has 1 aliphatic heterocycles. The summed E-state index contributed by atoms with van der Waals surface area (Å²) in [6.45, 7) is 1.80. The Hall–Kier alpha value is -4.17. The van der Waals surface area contributed by atoms with E-state index in [-0.39, 0.29) is 12.1 Å². The predicted octanol–water partition coefficient (Wildman–Crippen LogP) is 5.43. The van der Waals surface area contributed by atoms with Crippen LogP contribution in [-0.4, -0.2) is 31.7 Å². The molecular weight excluding hydrogens is 465 g/mol. The monoisotopic (exact) mass is 485 g/mol. The largest absolute Gasteiger partial charge is 0.503 e. The van der Waals surface area contributed by atoms with Crippen LogP contribution in [0.25, 0.3) is 10.6 Å². The van der Waals surface area contributed by atoms with Crippen LogP contribution in [0.2, 0.25) is 0 Å². The number of Topliss-reactive ketones (excluding diaryl/α,β-unsaturated/α-hetero) is 1. The lowest BCUT2D eigenvalue weighted by molar-refractivity contribution is -0.130. The molecule has 0 radical (unpaired) electrons. The number of hydrogen-bond donors (Lipinski definition) is 1. The van der Waals surface area contributed by atoms with Gasteiger partial charge in [-0.1, -0.05) is 48.5 Å². The van der Waals surface area contributed by atoms with Gasteiger partial charge < -0.3 is 10.0 Å². The second-order valence-corrected chi connectivity index (χ2v) is 9.11. The summed E-state index contributed by atoms with van der Waals surface area (Å²) >= 11 is 1.22. The number of hydrogen-bond acceptors (Lipinski definition) is 6. The van der Waals surface area contributed by atoms with Crippen molar-refractivity contribution in [1.82, 2.24) is 14.9 Å². The van der Waals surface area contributed by atoms with E-state index < -0.39 is 29.3 Å².